The molecule has 0 aliphatic rings. The number of aromatic nitrogens is 1. The van der Waals surface area contributed by atoms with Crippen LogP contribution in [0.25, 0.3) is 10.9 Å². The highest BCUT2D eigenvalue weighted by atomic mass is 19.1. The van der Waals surface area contributed by atoms with E-state index in [1.165, 1.54) is 19.2 Å². The lowest BCUT2D eigenvalue weighted by Crippen LogP contribution is -2.01. The lowest BCUT2D eigenvalue weighted by molar-refractivity contribution is 0.0602. The number of aromatic amines is 1. The molecule has 0 unspecified atom stereocenters. The van der Waals surface area contributed by atoms with E-state index in [1.54, 1.807) is 13.0 Å². The van der Waals surface area contributed by atoms with Gasteiger partial charge in [0.1, 0.15) is 5.82 Å². The molecule has 0 atom stereocenters. The van der Waals surface area contributed by atoms with Crippen LogP contribution in [0.1, 0.15) is 16.1 Å². The maximum Gasteiger partial charge on any atom is 0.340 e. The maximum absolute atomic E-state index is 12.9. The van der Waals surface area contributed by atoms with Crippen LogP contribution in [0.4, 0.5) is 4.39 Å². The van der Waals surface area contributed by atoms with Crippen molar-refractivity contribution in [3.8, 4) is 0 Å². The molecule has 0 aliphatic heterocycles. The highest BCUT2D eigenvalue weighted by Gasteiger charge is 2.16. The number of fused-ring (bicyclic) bond motifs is 1. The molecule has 4 heteroatoms. The minimum atomic E-state index is -0.412. The van der Waals surface area contributed by atoms with E-state index < -0.39 is 5.97 Å². The first-order valence-corrected chi connectivity index (χ1v) is 4.49. The van der Waals surface area contributed by atoms with Crippen molar-refractivity contribution in [2.45, 2.75) is 6.92 Å². The number of carbonyl (C=O) groups is 1. The Morgan fingerprint density at radius 3 is 2.87 bits per heavy atom. The van der Waals surface area contributed by atoms with Gasteiger partial charge in [0, 0.05) is 16.6 Å². The fraction of sp³-hybridized carbons (Fsp3) is 0.182. The molecule has 15 heavy (non-hydrogen) atoms. The monoisotopic (exact) mass is 207 g/mol. The second-order valence-corrected chi connectivity index (χ2v) is 3.31. The Hall–Kier alpha value is -1.84. The first-order valence-electron chi connectivity index (χ1n) is 4.49. The van der Waals surface area contributed by atoms with E-state index in [0.717, 1.165) is 0 Å². The SMILES string of the molecule is COC(=O)c1c(C)[nH]c2cc(F)ccc12. The normalized spacial score (nSPS) is 10.6. The summed E-state index contributed by atoms with van der Waals surface area (Å²) < 4.78 is 17.6. The fourth-order valence-corrected chi connectivity index (χ4v) is 1.67. The molecule has 1 aromatic carbocycles. The lowest BCUT2D eigenvalue weighted by Gasteiger charge is -1.98. The Labute approximate surface area is 85.9 Å². The van der Waals surface area contributed by atoms with Gasteiger partial charge < -0.3 is 9.72 Å². The van der Waals surface area contributed by atoms with Crippen molar-refractivity contribution in [2.75, 3.05) is 7.11 Å². The van der Waals surface area contributed by atoms with Gasteiger partial charge in [0.05, 0.1) is 12.7 Å². The van der Waals surface area contributed by atoms with Crippen molar-refractivity contribution in [1.82, 2.24) is 4.98 Å². The second kappa shape index (κ2) is 3.38. The van der Waals surface area contributed by atoms with Crippen LogP contribution in [0.2, 0.25) is 0 Å². The largest absolute Gasteiger partial charge is 0.465 e. The Morgan fingerprint density at radius 2 is 2.20 bits per heavy atom. The van der Waals surface area contributed by atoms with Gasteiger partial charge in [-0.25, -0.2) is 9.18 Å². The number of methoxy groups -OCH3 is 1. The van der Waals surface area contributed by atoms with Crippen LogP contribution < -0.4 is 0 Å². The van der Waals surface area contributed by atoms with Crippen molar-refractivity contribution in [2.24, 2.45) is 0 Å². The Bertz CT molecular complexity index is 531. The highest BCUT2D eigenvalue weighted by molar-refractivity contribution is 6.05. The predicted molar refractivity (Wildman–Crippen MR) is 54.3 cm³/mol. The molecule has 0 fully saturated rings. The number of nitrogens with one attached hydrogen (secondary N) is 1. The Morgan fingerprint density at radius 1 is 1.47 bits per heavy atom. The summed E-state index contributed by atoms with van der Waals surface area (Å²) in [5, 5.41) is 0.681. The number of hydrogen-bond acceptors (Lipinski definition) is 2. The third-order valence-corrected chi connectivity index (χ3v) is 2.34. The van der Waals surface area contributed by atoms with Gasteiger partial charge >= 0.3 is 5.97 Å². The quantitative estimate of drug-likeness (QED) is 0.729. The van der Waals surface area contributed by atoms with Gasteiger partial charge in [-0.15, -0.1) is 0 Å². The number of halogens is 1. The summed E-state index contributed by atoms with van der Waals surface area (Å²) in [6.45, 7) is 1.75. The Kier molecular flexibility index (Phi) is 2.19. The van der Waals surface area contributed by atoms with Gasteiger partial charge in [-0.3, -0.25) is 0 Å². The van der Waals surface area contributed by atoms with Gasteiger partial charge in [0.15, 0.2) is 0 Å². The first-order chi connectivity index (χ1) is 7.13. The van der Waals surface area contributed by atoms with Crippen molar-refractivity contribution in [3.05, 3.63) is 35.3 Å². The summed E-state index contributed by atoms with van der Waals surface area (Å²) in [6.07, 6.45) is 0. The standard InChI is InChI=1S/C11H10FNO2/c1-6-10(11(14)15-2)8-4-3-7(12)5-9(8)13-6/h3-5,13H,1-2H3. The summed E-state index contributed by atoms with van der Waals surface area (Å²) in [5.41, 5.74) is 1.75. The molecule has 0 radical (unpaired) electrons. The smallest absolute Gasteiger partial charge is 0.340 e. The first kappa shape index (κ1) is 9.71. The minimum Gasteiger partial charge on any atom is -0.465 e. The van der Waals surface area contributed by atoms with Crippen LogP contribution in [0, 0.1) is 12.7 Å². The van der Waals surface area contributed by atoms with Crippen LogP contribution in [0.3, 0.4) is 0 Å². The number of hydrogen-bond donors (Lipinski definition) is 1. The van der Waals surface area contributed by atoms with Gasteiger partial charge in [-0.2, -0.15) is 0 Å². The van der Waals surface area contributed by atoms with E-state index in [0.29, 0.717) is 22.2 Å². The molecule has 0 saturated heterocycles. The zero-order valence-corrected chi connectivity index (χ0v) is 8.43. The molecule has 0 saturated carbocycles. The second-order valence-electron chi connectivity index (χ2n) is 3.31. The summed E-state index contributed by atoms with van der Waals surface area (Å²) in [6, 6.07) is 4.25. The number of carbonyl (C=O) groups excluding carboxylic acids is 1. The van der Waals surface area contributed by atoms with E-state index in [2.05, 4.69) is 9.72 Å². The summed E-state index contributed by atoms with van der Waals surface area (Å²) >= 11 is 0. The molecule has 1 heterocycles. The minimum absolute atomic E-state index is 0.333. The summed E-state index contributed by atoms with van der Waals surface area (Å²) in [4.78, 5) is 14.4. The van der Waals surface area contributed by atoms with Gasteiger partial charge in [-0.05, 0) is 25.1 Å². The number of aryl methyl sites for hydroxylation is 1. The molecule has 1 N–H and O–H groups in total. The average molecular weight is 207 g/mol. The van der Waals surface area contributed by atoms with E-state index in [-0.39, 0.29) is 5.82 Å². The topological polar surface area (TPSA) is 42.1 Å². The predicted octanol–water partition coefficient (Wildman–Crippen LogP) is 2.40. The molecule has 1 aromatic heterocycles. The Balaban J connectivity index is 2.73. The zero-order chi connectivity index (χ0) is 11.0. The van der Waals surface area contributed by atoms with E-state index in [4.69, 9.17) is 0 Å². The van der Waals surface area contributed by atoms with Crippen LogP contribution in [-0.4, -0.2) is 18.1 Å². The van der Waals surface area contributed by atoms with Gasteiger partial charge in [0.25, 0.3) is 0 Å². The summed E-state index contributed by atoms with van der Waals surface area (Å²) in [5.74, 6) is -0.745. The van der Waals surface area contributed by atoms with E-state index >= 15 is 0 Å². The lowest BCUT2D eigenvalue weighted by atomic mass is 10.1. The van der Waals surface area contributed by atoms with Crippen LogP contribution >= 0.6 is 0 Å². The number of H-pyrrole nitrogens is 1. The average Bonchev–Trinajstić information content (AvgIpc) is 2.52. The molecular weight excluding hydrogens is 197 g/mol. The van der Waals surface area contributed by atoms with Gasteiger partial charge in [0.2, 0.25) is 0 Å². The molecule has 3 nitrogen and oxygen atoms in total. The van der Waals surface area contributed by atoms with Crippen LogP contribution in [0.5, 0.6) is 0 Å². The summed E-state index contributed by atoms with van der Waals surface area (Å²) in [7, 11) is 1.32. The van der Waals surface area contributed by atoms with Crippen molar-refractivity contribution >= 4 is 16.9 Å². The fourth-order valence-electron chi connectivity index (χ4n) is 1.67. The number of ether oxygens (including phenoxy) is 1. The maximum atomic E-state index is 12.9. The number of rotatable bonds is 1. The molecule has 78 valence electrons. The number of esters is 1. The molecule has 0 amide bonds. The molecule has 0 spiro atoms. The molecule has 2 aromatic rings. The third-order valence-electron chi connectivity index (χ3n) is 2.34. The van der Waals surface area contributed by atoms with Crippen molar-refractivity contribution in [1.29, 1.82) is 0 Å². The van der Waals surface area contributed by atoms with Crippen LogP contribution in [0.15, 0.2) is 18.2 Å². The zero-order valence-electron chi connectivity index (χ0n) is 8.43. The van der Waals surface area contributed by atoms with Gasteiger partial charge in [-0.1, -0.05) is 0 Å². The van der Waals surface area contributed by atoms with Crippen molar-refractivity contribution < 1.29 is 13.9 Å². The third kappa shape index (κ3) is 1.48. The van der Waals surface area contributed by atoms with E-state index in [1.807, 2.05) is 0 Å². The molecule has 2 rings (SSSR count). The molecular formula is C11H10FNO2. The number of benzene rings is 1. The highest BCUT2D eigenvalue weighted by Crippen LogP contribution is 2.23. The van der Waals surface area contributed by atoms with E-state index in [9.17, 15) is 9.18 Å². The molecule has 0 bridgehead atoms. The molecule has 0 aliphatic carbocycles. The van der Waals surface area contributed by atoms with Crippen LogP contribution in [-0.2, 0) is 4.74 Å². The van der Waals surface area contributed by atoms with Crippen molar-refractivity contribution in [3.63, 3.8) is 0 Å².